The van der Waals surface area contributed by atoms with E-state index >= 15 is 0 Å². The van der Waals surface area contributed by atoms with Crippen molar-refractivity contribution in [1.29, 1.82) is 0 Å². The van der Waals surface area contributed by atoms with E-state index in [4.69, 9.17) is 4.43 Å². The van der Waals surface area contributed by atoms with Crippen molar-refractivity contribution in [3.05, 3.63) is 28.8 Å². The normalized spacial score (nSPS) is 26.7. The van der Waals surface area contributed by atoms with Gasteiger partial charge in [-0.15, -0.1) is 11.3 Å². The van der Waals surface area contributed by atoms with Gasteiger partial charge in [0.25, 0.3) is 0 Å². The van der Waals surface area contributed by atoms with E-state index in [0.29, 0.717) is 23.1 Å². The summed E-state index contributed by atoms with van der Waals surface area (Å²) in [6.07, 6.45) is 6.85. The van der Waals surface area contributed by atoms with E-state index in [1.54, 1.807) is 0 Å². The first-order valence-electron chi connectivity index (χ1n) is 8.55. The highest BCUT2D eigenvalue weighted by molar-refractivity contribution is 7.10. The number of rotatable bonds is 3. The van der Waals surface area contributed by atoms with Crippen LogP contribution in [0.3, 0.4) is 0 Å². The van der Waals surface area contributed by atoms with Crippen molar-refractivity contribution in [2.45, 2.75) is 63.9 Å². The lowest BCUT2D eigenvalue weighted by atomic mass is 9.77. The van der Waals surface area contributed by atoms with Gasteiger partial charge in [0.1, 0.15) is 0 Å². The largest absolute Gasteiger partial charge is 0.414 e. The molecule has 0 amide bonds. The van der Waals surface area contributed by atoms with Crippen molar-refractivity contribution < 1.29 is 4.43 Å². The Morgan fingerprint density at radius 3 is 2.74 bits per heavy atom. The maximum Gasteiger partial charge on any atom is 0.192 e. The molecule has 0 bridgehead atoms. The topological polar surface area (TPSA) is 27.1 Å². The number of thiophene rings is 1. The van der Waals surface area contributed by atoms with Gasteiger partial charge in [-0.25, -0.2) is 4.98 Å². The zero-order valence-electron chi connectivity index (χ0n) is 14.7. The van der Waals surface area contributed by atoms with Gasteiger partial charge in [-0.2, -0.15) is 0 Å². The average Bonchev–Trinajstić information content (AvgIpc) is 3.05. The van der Waals surface area contributed by atoms with Gasteiger partial charge < -0.3 is 8.99 Å². The molecule has 1 aliphatic heterocycles. The fourth-order valence-electron chi connectivity index (χ4n) is 3.62. The summed E-state index contributed by atoms with van der Waals surface area (Å²) in [7, 11) is -1.64. The molecule has 5 heteroatoms. The van der Waals surface area contributed by atoms with Gasteiger partial charge in [-0.1, -0.05) is 20.8 Å². The maximum atomic E-state index is 6.58. The fraction of sp³-hybridized carbons (Fsp3) is 0.611. The number of fused-ring (bicyclic) bond motifs is 3. The third-order valence-corrected chi connectivity index (χ3v) is 11.6. The SMILES string of the molecule is CC(C)(C)[Si](C)(C)OC1CC(C2c3sccc3-c3cncn32)C1. The lowest BCUT2D eigenvalue weighted by molar-refractivity contribution is 0.0360. The van der Waals surface area contributed by atoms with E-state index in [-0.39, 0.29) is 0 Å². The monoisotopic (exact) mass is 346 g/mol. The molecule has 3 nitrogen and oxygen atoms in total. The van der Waals surface area contributed by atoms with Crippen LogP contribution in [0.15, 0.2) is 24.0 Å². The van der Waals surface area contributed by atoms with Crippen LogP contribution in [0, 0.1) is 5.92 Å². The predicted octanol–water partition coefficient (Wildman–Crippen LogP) is 5.31. The Bertz CT molecular complexity index is 681. The molecule has 3 heterocycles. The van der Waals surface area contributed by atoms with E-state index in [1.807, 2.05) is 23.9 Å². The van der Waals surface area contributed by atoms with E-state index in [1.165, 1.54) is 29.0 Å². The van der Waals surface area contributed by atoms with Gasteiger partial charge in [0.2, 0.25) is 0 Å². The van der Waals surface area contributed by atoms with Crippen molar-refractivity contribution in [2.24, 2.45) is 5.92 Å². The van der Waals surface area contributed by atoms with E-state index < -0.39 is 8.32 Å². The summed E-state index contributed by atoms with van der Waals surface area (Å²) in [6, 6.07) is 2.73. The van der Waals surface area contributed by atoms with Crippen LogP contribution in [-0.2, 0) is 4.43 Å². The Morgan fingerprint density at radius 1 is 1.30 bits per heavy atom. The molecule has 1 aliphatic carbocycles. The summed E-state index contributed by atoms with van der Waals surface area (Å²) >= 11 is 1.90. The average molecular weight is 347 g/mol. The molecule has 1 saturated carbocycles. The third kappa shape index (κ3) is 2.36. The van der Waals surface area contributed by atoms with E-state index in [2.05, 4.69) is 54.9 Å². The minimum Gasteiger partial charge on any atom is -0.414 e. The van der Waals surface area contributed by atoms with Crippen LogP contribution in [0.5, 0.6) is 0 Å². The first kappa shape index (κ1) is 15.6. The van der Waals surface area contributed by atoms with Gasteiger partial charge in [0.15, 0.2) is 8.32 Å². The molecular weight excluding hydrogens is 320 g/mol. The van der Waals surface area contributed by atoms with Gasteiger partial charge in [-0.05, 0) is 48.3 Å². The number of aromatic nitrogens is 2. The standard InChI is InChI=1S/C18H26N2OSSi/c1-18(2,3)23(4,5)21-13-8-12(9-13)16-17-14(6-7-22-17)15-10-19-11-20(15)16/h6-7,10-13,16H,8-9H2,1-5H3. The zero-order valence-corrected chi connectivity index (χ0v) is 16.5. The van der Waals surface area contributed by atoms with Crippen molar-refractivity contribution in [2.75, 3.05) is 0 Å². The molecule has 0 radical (unpaired) electrons. The van der Waals surface area contributed by atoms with Crippen molar-refractivity contribution in [3.8, 4) is 11.3 Å². The predicted molar refractivity (Wildman–Crippen MR) is 98.5 cm³/mol. The van der Waals surface area contributed by atoms with Crippen LogP contribution in [0.4, 0.5) is 0 Å². The number of hydrogen-bond acceptors (Lipinski definition) is 3. The number of imidazole rings is 1. The van der Waals surface area contributed by atoms with Gasteiger partial charge >= 0.3 is 0 Å². The Labute approximate surface area is 143 Å². The summed E-state index contributed by atoms with van der Waals surface area (Å²) in [6.45, 7) is 11.7. The van der Waals surface area contributed by atoms with Crippen LogP contribution in [0.25, 0.3) is 11.3 Å². The Hall–Kier alpha value is -0.913. The lowest BCUT2D eigenvalue weighted by Gasteiger charge is -2.46. The quantitative estimate of drug-likeness (QED) is 0.704. The molecule has 4 rings (SSSR count). The summed E-state index contributed by atoms with van der Waals surface area (Å²) in [5.41, 5.74) is 2.69. The maximum absolute atomic E-state index is 6.58. The lowest BCUT2D eigenvalue weighted by Crippen LogP contribution is -2.48. The fourth-order valence-corrected chi connectivity index (χ4v) is 6.09. The second-order valence-electron chi connectivity index (χ2n) is 8.56. The van der Waals surface area contributed by atoms with Crippen molar-refractivity contribution >= 4 is 19.7 Å². The highest BCUT2D eigenvalue weighted by Gasteiger charge is 2.46. The Balaban J connectivity index is 1.48. The minimum absolute atomic E-state index is 0.296. The molecule has 0 spiro atoms. The molecule has 2 aliphatic rings. The minimum atomic E-state index is -1.64. The highest BCUT2D eigenvalue weighted by atomic mass is 32.1. The highest BCUT2D eigenvalue weighted by Crippen LogP contribution is 2.52. The van der Waals surface area contributed by atoms with Crippen LogP contribution in [0.1, 0.15) is 44.5 Å². The smallest absolute Gasteiger partial charge is 0.192 e. The van der Waals surface area contributed by atoms with Gasteiger partial charge in [0, 0.05) is 16.5 Å². The Kier molecular flexibility index (Phi) is 3.42. The Morgan fingerprint density at radius 2 is 2.04 bits per heavy atom. The third-order valence-electron chi connectivity index (χ3n) is 6.05. The van der Waals surface area contributed by atoms with E-state index in [9.17, 15) is 0 Å². The van der Waals surface area contributed by atoms with Crippen LogP contribution in [-0.4, -0.2) is 24.0 Å². The summed E-state index contributed by atoms with van der Waals surface area (Å²) in [4.78, 5) is 5.89. The number of nitrogens with zero attached hydrogens (tertiary/aromatic N) is 2. The summed E-state index contributed by atoms with van der Waals surface area (Å²) < 4.78 is 8.97. The molecular formula is C18H26N2OSSi. The van der Waals surface area contributed by atoms with Gasteiger partial charge in [0.05, 0.1) is 24.3 Å². The van der Waals surface area contributed by atoms with Crippen molar-refractivity contribution in [1.82, 2.24) is 9.55 Å². The molecule has 2 aromatic heterocycles. The molecule has 1 fully saturated rings. The summed E-state index contributed by atoms with van der Waals surface area (Å²) in [5.74, 6) is 0.692. The molecule has 0 aromatic carbocycles. The molecule has 1 unspecified atom stereocenters. The van der Waals surface area contributed by atoms with Crippen LogP contribution in [0.2, 0.25) is 18.1 Å². The van der Waals surface area contributed by atoms with Crippen LogP contribution < -0.4 is 0 Å². The second kappa shape index (κ2) is 5.04. The van der Waals surface area contributed by atoms with Crippen molar-refractivity contribution in [3.63, 3.8) is 0 Å². The first-order chi connectivity index (χ1) is 10.8. The molecule has 124 valence electrons. The molecule has 1 atom stereocenters. The second-order valence-corrected chi connectivity index (χ2v) is 14.3. The molecule has 23 heavy (non-hydrogen) atoms. The molecule has 0 N–H and O–H groups in total. The zero-order chi connectivity index (χ0) is 16.4. The van der Waals surface area contributed by atoms with Gasteiger partial charge in [-0.3, -0.25) is 0 Å². The summed E-state index contributed by atoms with van der Waals surface area (Å²) in [5, 5.41) is 2.51. The molecule has 2 aromatic rings. The molecule has 0 saturated heterocycles. The van der Waals surface area contributed by atoms with Crippen LogP contribution >= 0.6 is 11.3 Å². The first-order valence-corrected chi connectivity index (χ1v) is 12.3. The van der Waals surface area contributed by atoms with E-state index in [0.717, 1.165) is 0 Å². The number of hydrogen-bond donors (Lipinski definition) is 0.